The fourth-order valence-corrected chi connectivity index (χ4v) is 5.27. The van der Waals surface area contributed by atoms with Gasteiger partial charge in [0.25, 0.3) is 0 Å². The minimum absolute atomic E-state index is 0.235. The SMILES string of the molecule is C=C(C)CC(/C(=C/C)c1ccc(CCCc2cccc(NC)n2)cc1C)c1ccc2nsnc2c1.CC. The van der Waals surface area contributed by atoms with Crippen LogP contribution in [0.15, 0.2) is 72.8 Å². The van der Waals surface area contributed by atoms with Gasteiger partial charge in [-0.1, -0.05) is 55.8 Å². The van der Waals surface area contributed by atoms with Crippen molar-refractivity contribution in [3.8, 4) is 0 Å². The molecule has 4 rings (SSSR count). The summed E-state index contributed by atoms with van der Waals surface area (Å²) in [6.45, 7) is 14.7. The van der Waals surface area contributed by atoms with Crippen LogP contribution in [0.2, 0.25) is 0 Å². The molecule has 0 bridgehead atoms. The summed E-state index contributed by atoms with van der Waals surface area (Å²) in [5.41, 5.74) is 10.8. The van der Waals surface area contributed by atoms with E-state index in [2.05, 4.69) is 101 Å². The number of hydrogen-bond donors (Lipinski definition) is 1. The number of aromatic nitrogens is 3. The molecule has 1 atom stereocenters. The quantitative estimate of drug-likeness (QED) is 0.216. The number of benzene rings is 2. The number of rotatable bonds is 10. The molecule has 5 heteroatoms. The highest BCUT2D eigenvalue weighted by Crippen LogP contribution is 2.39. The van der Waals surface area contributed by atoms with Crippen molar-refractivity contribution in [1.82, 2.24) is 13.7 Å². The third-order valence-corrected chi connectivity index (χ3v) is 7.04. The zero-order valence-electron chi connectivity index (χ0n) is 23.1. The van der Waals surface area contributed by atoms with Crippen LogP contribution in [0.25, 0.3) is 16.6 Å². The molecule has 2 heterocycles. The normalized spacial score (nSPS) is 12.1. The van der Waals surface area contributed by atoms with Crippen LogP contribution >= 0.6 is 11.7 Å². The lowest BCUT2D eigenvalue weighted by Crippen LogP contribution is -2.05. The van der Waals surface area contributed by atoms with Crippen molar-refractivity contribution >= 4 is 34.2 Å². The van der Waals surface area contributed by atoms with Gasteiger partial charge in [0.15, 0.2) is 0 Å². The van der Waals surface area contributed by atoms with Gasteiger partial charge in [-0.3, -0.25) is 0 Å². The molecule has 0 fully saturated rings. The van der Waals surface area contributed by atoms with Crippen LogP contribution in [-0.4, -0.2) is 20.8 Å². The van der Waals surface area contributed by atoms with E-state index in [1.165, 1.54) is 45.1 Å². The molecule has 0 spiro atoms. The van der Waals surface area contributed by atoms with E-state index in [9.17, 15) is 0 Å². The lowest BCUT2D eigenvalue weighted by Gasteiger charge is -2.23. The van der Waals surface area contributed by atoms with Crippen molar-refractivity contribution in [2.24, 2.45) is 0 Å². The van der Waals surface area contributed by atoms with E-state index >= 15 is 0 Å². The van der Waals surface area contributed by atoms with Crippen LogP contribution in [0.4, 0.5) is 5.82 Å². The van der Waals surface area contributed by atoms with Crippen LogP contribution in [0.5, 0.6) is 0 Å². The molecule has 2 aromatic heterocycles. The predicted octanol–water partition coefficient (Wildman–Crippen LogP) is 8.79. The third kappa shape index (κ3) is 7.36. The first-order chi connectivity index (χ1) is 18.0. The van der Waals surface area contributed by atoms with Crippen LogP contribution < -0.4 is 5.32 Å². The van der Waals surface area contributed by atoms with Gasteiger partial charge in [-0.15, -0.1) is 6.58 Å². The van der Waals surface area contributed by atoms with Crippen LogP contribution in [0, 0.1) is 6.92 Å². The van der Waals surface area contributed by atoms with Crippen molar-refractivity contribution in [3.05, 3.63) is 101 Å². The van der Waals surface area contributed by atoms with Gasteiger partial charge in [0.1, 0.15) is 16.9 Å². The molecular weight excluding hydrogens is 472 g/mol. The lowest BCUT2D eigenvalue weighted by molar-refractivity contribution is 0.799. The number of fused-ring (bicyclic) bond motifs is 1. The lowest BCUT2D eigenvalue weighted by atomic mass is 9.81. The fourth-order valence-electron chi connectivity index (χ4n) is 4.75. The Morgan fingerprint density at radius 1 is 1.03 bits per heavy atom. The van der Waals surface area contributed by atoms with Gasteiger partial charge < -0.3 is 5.32 Å². The van der Waals surface area contributed by atoms with E-state index in [0.29, 0.717) is 0 Å². The molecule has 0 radical (unpaired) electrons. The average Bonchev–Trinajstić information content (AvgIpc) is 3.39. The molecule has 0 amide bonds. The summed E-state index contributed by atoms with van der Waals surface area (Å²) in [5.74, 6) is 1.16. The summed E-state index contributed by atoms with van der Waals surface area (Å²) in [7, 11) is 1.91. The number of nitrogens with zero attached hydrogens (tertiary/aromatic N) is 3. The summed E-state index contributed by atoms with van der Waals surface area (Å²) in [6, 6.07) is 19.6. The Balaban J connectivity index is 0.00000186. The predicted molar refractivity (Wildman–Crippen MR) is 162 cm³/mol. The van der Waals surface area contributed by atoms with E-state index in [-0.39, 0.29) is 5.92 Å². The molecule has 0 saturated carbocycles. The monoisotopic (exact) mass is 512 g/mol. The molecule has 1 unspecified atom stereocenters. The Morgan fingerprint density at radius 3 is 2.51 bits per heavy atom. The Bertz CT molecular complexity index is 1350. The van der Waals surface area contributed by atoms with Gasteiger partial charge in [0.05, 0.1) is 11.7 Å². The van der Waals surface area contributed by atoms with Crippen molar-refractivity contribution in [2.75, 3.05) is 12.4 Å². The molecule has 0 saturated heterocycles. The van der Waals surface area contributed by atoms with Crippen molar-refractivity contribution in [3.63, 3.8) is 0 Å². The molecule has 0 aliphatic carbocycles. The molecule has 37 heavy (non-hydrogen) atoms. The minimum atomic E-state index is 0.235. The van der Waals surface area contributed by atoms with E-state index in [1.807, 2.05) is 27.0 Å². The van der Waals surface area contributed by atoms with Crippen LogP contribution in [0.1, 0.15) is 74.4 Å². The molecule has 4 aromatic rings. The highest BCUT2D eigenvalue weighted by Gasteiger charge is 2.20. The summed E-state index contributed by atoms with van der Waals surface area (Å²) in [6.07, 6.45) is 6.27. The highest BCUT2D eigenvalue weighted by molar-refractivity contribution is 7.00. The van der Waals surface area contributed by atoms with E-state index in [0.717, 1.165) is 48.2 Å². The van der Waals surface area contributed by atoms with Crippen LogP contribution in [0.3, 0.4) is 0 Å². The molecular formula is C32H40N4S. The van der Waals surface area contributed by atoms with Gasteiger partial charge in [-0.05, 0) is 98.5 Å². The summed E-state index contributed by atoms with van der Waals surface area (Å²) < 4.78 is 8.84. The zero-order valence-corrected chi connectivity index (χ0v) is 24.0. The van der Waals surface area contributed by atoms with Gasteiger partial charge in [0.2, 0.25) is 0 Å². The van der Waals surface area contributed by atoms with Crippen LogP contribution in [-0.2, 0) is 12.8 Å². The van der Waals surface area contributed by atoms with Gasteiger partial charge >= 0.3 is 0 Å². The molecule has 0 aliphatic heterocycles. The number of hydrogen-bond acceptors (Lipinski definition) is 5. The highest BCUT2D eigenvalue weighted by atomic mass is 32.1. The number of allylic oxidation sites excluding steroid dienone is 3. The minimum Gasteiger partial charge on any atom is -0.373 e. The number of anilines is 1. The average molecular weight is 513 g/mol. The van der Waals surface area contributed by atoms with Gasteiger partial charge in [-0.25, -0.2) is 4.98 Å². The van der Waals surface area contributed by atoms with Crippen molar-refractivity contribution in [1.29, 1.82) is 0 Å². The summed E-state index contributed by atoms with van der Waals surface area (Å²) in [4.78, 5) is 4.64. The Morgan fingerprint density at radius 2 is 1.81 bits per heavy atom. The summed E-state index contributed by atoms with van der Waals surface area (Å²) in [5, 5.41) is 3.12. The Kier molecular flexibility index (Phi) is 10.6. The number of aryl methyl sites for hydroxylation is 3. The second-order valence-corrected chi connectivity index (χ2v) is 9.77. The Hall–Kier alpha value is -3.31. The maximum atomic E-state index is 4.64. The topological polar surface area (TPSA) is 50.7 Å². The van der Waals surface area contributed by atoms with Gasteiger partial charge in [-0.2, -0.15) is 8.75 Å². The smallest absolute Gasteiger partial charge is 0.125 e. The zero-order chi connectivity index (χ0) is 26.8. The second kappa shape index (κ2) is 13.8. The first-order valence-electron chi connectivity index (χ1n) is 13.2. The van der Waals surface area contributed by atoms with E-state index < -0.39 is 0 Å². The molecule has 194 valence electrons. The second-order valence-electron chi connectivity index (χ2n) is 9.24. The maximum Gasteiger partial charge on any atom is 0.125 e. The molecule has 1 N–H and O–H groups in total. The summed E-state index contributed by atoms with van der Waals surface area (Å²) >= 11 is 1.27. The molecule has 0 aliphatic rings. The van der Waals surface area contributed by atoms with E-state index in [1.54, 1.807) is 0 Å². The molecule has 2 aromatic carbocycles. The van der Waals surface area contributed by atoms with Gasteiger partial charge in [0, 0.05) is 18.7 Å². The number of nitrogens with one attached hydrogen (secondary N) is 1. The molecule has 4 nitrogen and oxygen atoms in total. The van der Waals surface area contributed by atoms with Crippen molar-refractivity contribution in [2.45, 2.75) is 66.2 Å². The Labute approximate surface area is 226 Å². The maximum absolute atomic E-state index is 4.64. The standard InChI is InChI=1S/C30H34N4S.C2H6/c1-6-25(27(17-20(2)3)23-14-16-28-29(19-23)34-35-33-28)26-15-13-22(18-21(26)4)9-7-10-24-11-8-12-30(31-5)32-24;1-2/h6,8,11-16,18-19,27H,2,7,9-10,17H2,1,3-5H3,(H,31,32);1-2H3/b25-6+;. The largest absolute Gasteiger partial charge is 0.373 e. The number of pyridine rings is 1. The van der Waals surface area contributed by atoms with Crippen molar-refractivity contribution < 1.29 is 0 Å². The third-order valence-electron chi connectivity index (χ3n) is 6.48. The van der Waals surface area contributed by atoms with E-state index in [4.69, 9.17) is 0 Å². The fraction of sp³-hybridized carbons (Fsp3) is 0.344. The first kappa shape index (κ1) is 28.3. The first-order valence-corrected chi connectivity index (χ1v) is 14.0.